The Morgan fingerprint density at radius 3 is 2.72 bits per heavy atom. The van der Waals surface area contributed by atoms with Gasteiger partial charge < -0.3 is 25.0 Å². The highest BCUT2D eigenvalue weighted by molar-refractivity contribution is 5.79. The van der Waals surface area contributed by atoms with Crippen molar-refractivity contribution in [3.05, 3.63) is 30.4 Å². The molecule has 9 nitrogen and oxygen atoms in total. The minimum absolute atomic E-state index is 0.0483. The van der Waals surface area contributed by atoms with Crippen LogP contribution in [0.4, 0.5) is 35.1 Å². The van der Waals surface area contributed by atoms with Gasteiger partial charge in [0.2, 0.25) is 5.95 Å². The number of aliphatic hydroxyl groups excluding tert-OH is 2. The lowest BCUT2D eigenvalue weighted by molar-refractivity contribution is -0.162. The minimum Gasteiger partial charge on any atom is -0.390 e. The molecule has 1 aliphatic heterocycles. The standard InChI is InChI=1S/C19H21F4N7O2/c1-10(19(21,22)23)30-13-6-16(25-7-12(13)26-17(30)9-31)27-15-2-4-24-18(28-15)29-5-3-14(32)11(20)8-29/h2,4,6-7,10-11,14,31-32H,3,5,8-9H2,1H3,(H,24,25,27,28)/t10?,11-,14+/m1/s1. The van der Waals surface area contributed by atoms with Crippen LogP contribution in [0.5, 0.6) is 0 Å². The number of alkyl halides is 4. The Labute approximate surface area is 179 Å². The molecule has 0 radical (unpaired) electrons. The molecule has 0 bridgehead atoms. The Kier molecular flexibility index (Phi) is 5.86. The summed E-state index contributed by atoms with van der Waals surface area (Å²) in [5, 5.41) is 21.9. The van der Waals surface area contributed by atoms with Crippen molar-refractivity contribution >= 4 is 28.6 Å². The average Bonchev–Trinajstić information content (AvgIpc) is 3.12. The van der Waals surface area contributed by atoms with Crippen LogP contribution < -0.4 is 10.2 Å². The van der Waals surface area contributed by atoms with Crippen molar-refractivity contribution in [1.82, 2.24) is 24.5 Å². The second-order valence-electron chi connectivity index (χ2n) is 7.52. The molecule has 4 rings (SSSR count). The molecule has 0 spiro atoms. The van der Waals surface area contributed by atoms with Gasteiger partial charge in [0, 0.05) is 18.8 Å². The first-order chi connectivity index (χ1) is 15.2. The summed E-state index contributed by atoms with van der Waals surface area (Å²) >= 11 is 0. The third-order valence-corrected chi connectivity index (χ3v) is 5.34. The summed E-state index contributed by atoms with van der Waals surface area (Å²) in [5.74, 6) is 0.644. The van der Waals surface area contributed by atoms with Crippen LogP contribution in [0.25, 0.3) is 11.0 Å². The number of piperidine rings is 1. The molecule has 0 amide bonds. The number of hydrogen-bond donors (Lipinski definition) is 3. The zero-order valence-electron chi connectivity index (χ0n) is 17.0. The van der Waals surface area contributed by atoms with Crippen LogP contribution in [0.15, 0.2) is 24.5 Å². The quantitative estimate of drug-likeness (QED) is 0.503. The van der Waals surface area contributed by atoms with Crippen LogP contribution in [0, 0.1) is 0 Å². The largest absolute Gasteiger partial charge is 0.408 e. The van der Waals surface area contributed by atoms with Gasteiger partial charge in [-0.1, -0.05) is 0 Å². The smallest absolute Gasteiger partial charge is 0.390 e. The highest BCUT2D eigenvalue weighted by Crippen LogP contribution is 2.34. The van der Waals surface area contributed by atoms with E-state index in [1.165, 1.54) is 24.5 Å². The Morgan fingerprint density at radius 1 is 1.25 bits per heavy atom. The predicted molar refractivity (Wildman–Crippen MR) is 107 cm³/mol. The molecular formula is C19H21F4N7O2. The van der Waals surface area contributed by atoms with E-state index in [9.17, 15) is 27.8 Å². The van der Waals surface area contributed by atoms with E-state index in [0.29, 0.717) is 12.4 Å². The van der Waals surface area contributed by atoms with Gasteiger partial charge in [0.1, 0.15) is 41.8 Å². The van der Waals surface area contributed by atoms with Crippen molar-refractivity contribution in [2.24, 2.45) is 0 Å². The number of rotatable bonds is 5. The van der Waals surface area contributed by atoms with Crippen molar-refractivity contribution in [3.8, 4) is 0 Å². The zero-order valence-corrected chi connectivity index (χ0v) is 17.0. The van der Waals surface area contributed by atoms with Gasteiger partial charge >= 0.3 is 6.18 Å². The van der Waals surface area contributed by atoms with E-state index < -0.39 is 31.1 Å². The molecular weight excluding hydrogens is 434 g/mol. The lowest BCUT2D eigenvalue weighted by Gasteiger charge is -2.32. The third-order valence-electron chi connectivity index (χ3n) is 5.34. The van der Waals surface area contributed by atoms with E-state index in [2.05, 4.69) is 25.3 Å². The number of halogens is 4. The number of pyridine rings is 1. The molecule has 13 heteroatoms. The second kappa shape index (κ2) is 8.47. The Bertz CT molecular complexity index is 1110. The molecule has 1 fully saturated rings. The molecule has 172 valence electrons. The Balaban J connectivity index is 1.63. The summed E-state index contributed by atoms with van der Waals surface area (Å²) < 4.78 is 54.8. The molecule has 3 N–H and O–H groups in total. The summed E-state index contributed by atoms with van der Waals surface area (Å²) in [7, 11) is 0. The van der Waals surface area contributed by atoms with Crippen molar-refractivity contribution in [2.45, 2.75) is 44.4 Å². The van der Waals surface area contributed by atoms with Gasteiger partial charge in [0.25, 0.3) is 0 Å². The van der Waals surface area contributed by atoms with E-state index in [1.807, 2.05) is 0 Å². The van der Waals surface area contributed by atoms with Crippen LogP contribution in [0.3, 0.4) is 0 Å². The summed E-state index contributed by atoms with van der Waals surface area (Å²) in [4.78, 5) is 18.3. The number of fused-ring (bicyclic) bond motifs is 1. The molecule has 0 aromatic carbocycles. The normalized spacial score (nSPS) is 20.5. The fourth-order valence-electron chi connectivity index (χ4n) is 3.58. The molecule has 3 aromatic heterocycles. The summed E-state index contributed by atoms with van der Waals surface area (Å²) in [6.07, 6.45) is -3.96. The van der Waals surface area contributed by atoms with Crippen molar-refractivity contribution in [3.63, 3.8) is 0 Å². The number of nitrogens with zero attached hydrogens (tertiary/aromatic N) is 6. The van der Waals surface area contributed by atoms with Crippen molar-refractivity contribution < 1.29 is 27.8 Å². The molecule has 3 aromatic rings. The fraction of sp³-hybridized carbons (Fsp3) is 0.474. The van der Waals surface area contributed by atoms with Gasteiger partial charge in [0.15, 0.2) is 0 Å². The fourth-order valence-corrected chi connectivity index (χ4v) is 3.58. The van der Waals surface area contributed by atoms with Crippen molar-refractivity contribution in [2.75, 3.05) is 23.3 Å². The maximum Gasteiger partial charge on any atom is 0.408 e. The SMILES string of the molecule is CC(n1c(CO)nc2cnc(Nc3ccnc(N4CC[C@H](O)[C@H](F)C4)n3)cc21)C(F)(F)F. The maximum absolute atomic E-state index is 13.8. The summed E-state index contributed by atoms with van der Waals surface area (Å²) in [6, 6.07) is 1.02. The second-order valence-corrected chi connectivity index (χ2v) is 7.52. The van der Waals surface area contributed by atoms with Crippen molar-refractivity contribution in [1.29, 1.82) is 0 Å². The van der Waals surface area contributed by atoms with Crippen LogP contribution in [-0.2, 0) is 6.61 Å². The molecule has 3 atom stereocenters. The van der Waals surface area contributed by atoms with E-state index in [0.717, 1.165) is 11.5 Å². The first kappa shape index (κ1) is 22.1. The highest BCUT2D eigenvalue weighted by atomic mass is 19.4. The first-order valence-electron chi connectivity index (χ1n) is 9.89. The van der Waals surface area contributed by atoms with Gasteiger partial charge in [-0.05, 0) is 19.4 Å². The number of nitrogens with one attached hydrogen (secondary N) is 1. The summed E-state index contributed by atoms with van der Waals surface area (Å²) in [5.41, 5.74) is 0.357. The van der Waals surface area contributed by atoms with Gasteiger partial charge in [-0.15, -0.1) is 0 Å². The maximum atomic E-state index is 13.8. The monoisotopic (exact) mass is 455 g/mol. The van der Waals surface area contributed by atoms with Crippen LogP contribution in [0.1, 0.15) is 25.2 Å². The number of aliphatic hydroxyl groups is 2. The van der Waals surface area contributed by atoms with Crippen LogP contribution in [-0.4, -0.2) is 66.3 Å². The molecule has 1 saturated heterocycles. The van der Waals surface area contributed by atoms with E-state index >= 15 is 0 Å². The number of aromatic nitrogens is 5. The predicted octanol–water partition coefficient (Wildman–Crippen LogP) is 2.49. The van der Waals surface area contributed by atoms with Gasteiger partial charge in [0.05, 0.1) is 24.4 Å². The number of anilines is 3. The van der Waals surface area contributed by atoms with Gasteiger partial charge in [-0.3, -0.25) is 0 Å². The number of imidazole rings is 1. The van der Waals surface area contributed by atoms with Crippen LogP contribution >= 0.6 is 0 Å². The zero-order chi connectivity index (χ0) is 23.0. The molecule has 0 aliphatic carbocycles. The Hall–Kier alpha value is -3.06. The van der Waals surface area contributed by atoms with E-state index in [-0.39, 0.29) is 41.6 Å². The van der Waals surface area contributed by atoms with E-state index in [1.54, 1.807) is 4.90 Å². The topological polar surface area (TPSA) is 112 Å². The molecule has 4 heterocycles. The van der Waals surface area contributed by atoms with E-state index in [4.69, 9.17) is 0 Å². The van der Waals surface area contributed by atoms with Gasteiger partial charge in [-0.2, -0.15) is 18.2 Å². The summed E-state index contributed by atoms with van der Waals surface area (Å²) in [6.45, 7) is 0.659. The molecule has 32 heavy (non-hydrogen) atoms. The molecule has 1 unspecified atom stereocenters. The first-order valence-corrected chi connectivity index (χ1v) is 9.89. The van der Waals surface area contributed by atoms with Gasteiger partial charge in [-0.25, -0.2) is 19.3 Å². The number of hydrogen-bond acceptors (Lipinski definition) is 8. The van der Waals surface area contributed by atoms with Crippen LogP contribution in [0.2, 0.25) is 0 Å². The lowest BCUT2D eigenvalue weighted by atomic mass is 10.1. The Morgan fingerprint density at radius 2 is 2.03 bits per heavy atom. The third kappa shape index (κ3) is 4.30. The molecule has 1 aliphatic rings. The molecule has 0 saturated carbocycles. The minimum atomic E-state index is -4.54. The lowest BCUT2D eigenvalue weighted by Crippen LogP contribution is -2.45. The highest BCUT2D eigenvalue weighted by Gasteiger charge is 2.39. The average molecular weight is 455 g/mol.